The van der Waals surface area contributed by atoms with Gasteiger partial charge >= 0.3 is 6.18 Å². The molecule has 1 aromatic heterocycles. The summed E-state index contributed by atoms with van der Waals surface area (Å²) in [7, 11) is 0. The van der Waals surface area contributed by atoms with E-state index >= 15 is 0 Å². The lowest BCUT2D eigenvalue weighted by Crippen LogP contribution is -2.35. The molecule has 0 unspecified atom stereocenters. The Balaban J connectivity index is 1.56. The molecule has 0 bridgehead atoms. The molecular weight excluding hydrogens is 417 g/mol. The summed E-state index contributed by atoms with van der Waals surface area (Å²) in [5.41, 5.74) is 1.48. The van der Waals surface area contributed by atoms with E-state index in [1.54, 1.807) is 54.6 Å². The molecule has 2 N–H and O–H groups in total. The Morgan fingerprint density at radius 1 is 1.17 bits per heavy atom. The molecule has 1 aliphatic rings. The maximum atomic E-state index is 13.7. The molecule has 1 amide bonds. The molecule has 0 fully saturated rings. The number of nitrogens with one attached hydrogen (secondary N) is 2. The van der Waals surface area contributed by atoms with Crippen LogP contribution in [0.1, 0.15) is 40.1 Å². The predicted octanol–water partition coefficient (Wildman–Crippen LogP) is 5.13. The van der Waals surface area contributed by atoms with Crippen LogP contribution in [0.3, 0.4) is 0 Å². The lowest BCUT2D eigenvalue weighted by Gasteiger charge is -2.33. The lowest BCUT2D eigenvalue weighted by molar-refractivity contribution is -0.173. The highest BCUT2D eigenvalue weighted by atomic mass is 35.5. The maximum Gasteiger partial charge on any atom is 0.410 e. The zero-order chi connectivity index (χ0) is 21.3. The summed E-state index contributed by atoms with van der Waals surface area (Å²) in [4.78, 5) is 12.5. The minimum atomic E-state index is -4.49. The number of carbonyl (C=O) groups excluding carboxylic acids is 1. The van der Waals surface area contributed by atoms with Crippen LogP contribution in [0, 0.1) is 0 Å². The Labute approximate surface area is 175 Å². The molecule has 2 aromatic carbocycles. The first-order valence-electron chi connectivity index (χ1n) is 9.31. The van der Waals surface area contributed by atoms with Crippen molar-refractivity contribution < 1.29 is 18.0 Å². The molecule has 0 saturated carbocycles. The van der Waals surface area contributed by atoms with Crippen molar-refractivity contribution in [3.05, 3.63) is 82.5 Å². The van der Waals surface area contributed by atoms with Gasteiger partial charge in [-0.15, -0.1) is 0 Å². The Morgan fingerprint density at radius 3 is 2.53 bits per heavy atom. The Kier molecular flexibility index (Phi) is 5.42. The number of alkyl halides is 3. The van der Waals surface area contributed by atoms with Crippen molar-refractivity contribution in [1.82, 2.24) is 15.1 Å². The van der Waals surface area contributed by atoms with Gasteiger partial charge in [0.15, 0.2) is 11.7 Å². The second kappa shape index (κ2) is 8.02. The number of aromatic nitrogens is 2. The predicted molar refractivity (Wildman–Crippen MR) is 107 cm³/mol. The van der Waals surface area contributed by atoms with Gasteiger partial charge in [0.05, 0.1) is 6.04 Å². The van der Waals surface area contributed by atoms with Gasteiger partial charge in [-0.1, -0.05) is 54.1 Å². The highest BCUT2D eigenvalue weighted by Gasteiger charge is 2.46. The van der Waals surface area contributed by atoms with Crippen molar-refractivity contribution in [2.45, 2.75) is 31.2 Å². The Bertz CT molecular complexity index is 1030. The number of fused-ring (bicyclic) bond motifs is 1. The van der Waals surface area contributed by atoms with Gasteiger partial charge in [0.2, 0.25) is 0 Å². The van der Waals surface area contributed by atoms with Crippen molar-refractivity contribution in [2.24, 2.45) is 0 Å². The third-order valence-corrected chi connectivity index (χ3v) is 5.24. The summed E-state index contributed by atoms with van der Waals surface area (Å²) in [5, 5.41) is 10.3. The van der Waals surface area contributed by atoms with E-state index in [0.29, 0.717) is 5.02 Å². The first-order chi connectivity index (χ1) is 14.3. The van der Waals surface area contributed by atoms with Crippen LogP contribution in [0.4, 0.5) is 19.0 Å². The molecule has 0 radical (unpaired) electrons. The first-order valence-corrected chi connectivity index (χ1v) is 9.69. The van der Waals surface area contributed by atoms with Gasteiger partial charge in [-0.3, -0.25) is 4.79 Å². The number of benzene rings is 2. The fourth-order valence-electron chi connectivity index (χ4n) is 3.46. The molecule has 3 aromatic rings. The van der Waals surface area contributed by atoms with E-state index in [1.807, 2.05) is 0 Å². The van der Waals surface area contributed by atoms with E-state index in [1.165, 1.54) is 6.07 Å². The largest absolute Gasteiger partial charge is 0.410 e. The number of halogens is 4. The van der Waals surface area contributed by atoms with E-state index in [9.17, 15) is 18.0 Å². The minimum Gasteiger partial charge on any atom is -0.363 e. The maximum absolute atomic E-state index is 13.7. The second-order valence-corrected chi connectivity index (χ2v) is 7.51. The molecule has 1 aliphatic heterocycles. The van der Waals surface area contributed by atoms with Gasteiger partial charge in [0.25, 0.3) is 5.91 Å². The van der Waals surface area contributed by atoms with Crippen molar-refractivity contribution in [3.8, 4) is 0 Å². The molecule has 9 heteroatoms. The van der Waals surface area contributed by atoms with Crippen molar-refractivity contribution in [1.29, 1.82) is 0 Å². The summed E-state index contributed by atoms with van der Waals surface area (Å²) >= 11 is 5.84. The van der Waals surface area contributed by atoms with Crippen molar-refractivity contribution in [3.63, 3.8) is 0 Å². The van der Waals surface area contributed by atoms with Crippen LogP contribution in [0.5, 0.6) is 0 Å². The highest BCUT2D eigenvalue weighted by Crippen LogP contribution is 2.43. The van der Waals surface area contributed by atoms with Crippen molar-refractivity contribution >= 4 is 23.3 Å². The molecule has 156 valence electrons. The zero-order valence-electron chi connectivity index (χ0n) is 15.7. The van der Waals surface area contributed by atoms with Crippen LogP contribution >= 0.6 is 11.6 Å². The topological polar surface area (TPSA) is 59.0 Å². The van der Waals surface area contributed by atoms with Crippen LogP contribution in [0.15, 0.2) is 60.7 Å². The van der Waals surface area contributed by atoms with Gasteiger partial charge in [-0.25, -0.2) is 4.68 Å². The fourth-order valence-corrected chi connectivity index (χ4v) is 3.59. The van der Waals surface area contributed by atoms with E-state index in [2.05, 4.69) is 15.7 Å². The molecule has 2 atom stereocenters. The molecule has 30 heavy (non-hydrogen) atoms. The summed E-state index contributed by atoms with van der Waals surface area (Å²) in [5.74, 6) is -0.389. The second-order valence-electron chi connectivity index (χ2n) is 7.07. The monoisotopic (exact) mass is 434 g/mol. The van der Waals surface area contributed by atoms with Gasteiger partial charge in [0, 0.05) is 24.1 Å². The number of hydrogen-bond acceptors (Lipinski definition) is 3. The van der Waals surface area contributed by atoms with Gasteiger partial charge in [-0.2, -0.15) is 18.3 Å². The van der Waals surface area contributed by atoms with Gasteiger partial charge < -0.3 is 10.6 Å². The average molecular weight is 435 g/mol. The molecular formula is C21H18ClF3N4O. The minimum absolute atomic E-state index is 0.0746. The SMILES string of the molecule is O=C(NCc1ccc(Cl)cc1)c1cc2n(n1)[C@@H](C(F)(F)F)C[C@H](c1ccccc1)N2. The summed E-state index contributed by atoms with van der Waals surface area (Å²) in [6, 6.07) is 14.8. The number of hydrogen-bond donors (Lipinski definition) is 2. The summed E-state index contributed by atoms with van der Waals surface area (Å²) in [6.07, 6.45) is -4.71. The molecule has 0 aliphatic carbocycles. The highest BCUT2D eigenvalue weighted by molar-refractivity contribution is 6.30. The van der Waals surface area contributed by atoms with E-state index in [4.69, 9.17) is 11.6 Å². The number of anilines is 1. The molecule has 0 spiro atoms. The fraction of sp³-hybridized carbons (Fsp3) is 0.238. The molecule has 0 saturated heterocycles. The molecule has 4 rings (SSSR count). The normalized spacial score (nSPS) is 18.4. The zero-order valence-corrected chi connectivity index (χ0v) is 16.4. The third kappa shape index (κ3) is 4.28. The quantitative estimate of drug-likeness (QED) is 0.598. The van der Waals surface area contributed by atoms with E-state index in [0.717, 1.165) is 15.8 Å². The van der Waals surface area contributed by atoms with E-state index < -0.39 is 24.2 Å². The van der Waals surface area contributed by atoms with Crippen LogP contribution in [0.2, 0.25) is 5.02 Å². The summed E-state index contributed by atoms with van der Waals surface area (Å²) < 4.78 is 42.0. The third-order valence-electron chi connectivity index (χ3n) is 4.99. The van der Waals surface area contributed by atoms with Crippen LogP contribution in [-0.2, 0) is 6.54 Å². The number of nitrogens with zero attached hydrogens (tertiary/aromatic N) is 2. The Hall–Kier alpha value is -3.00. The number of carbonyl (C=O) groups is 1. The van der Waals surface area contributed by atoms with E-state index in [-0.39, 0.29) is 24.5 Å². The smallest absolute Gasteiger partial charge is 0.363 e. The van der Waals surface area contributed by atoms with Crippen molar-refractivity contribution in [2.75, 3.05) is 5.32 Å². The average Bonchev–Trinajstić information content (AvgIpc) is 3.16. The van der Waals surface area contributed by atoms with Crippen LogP contribution in [0.25, 0.3) is 0 Å². The number of amides is 1. The van der Waals surface area contributed by atoms with Gasteiger partial charge in [0.1, 0.15) is 5.82 Å². The van der Waals surface area contributed by atoms with Crippen LogP contribution in [-0.4, -0.2) is 21.9 Å². The lowest BCUT2D eigenvalue weighted by atomic mass is 9.97. The number of rotatable bonds is 4. The van der Waals surface area contributed by atoms with Crippen LogP contribution < -0.4 is 10.6 Å². The Morgan fingerprint density at radius 2 is 1.87 bits per heavy atom. The van der Waals surface area contributed by atoms with Gasteiger partial charge in [-0.05, 0) is 23.3 Å². The first kappa shape index (κ1) is 20.3. The molecule has 5 nitrogen and oxygen atoms in total. The standard InChI is InChI=1S/C21H18ClF3N4O/c22-15-8-6-13(7-9-15)12-26-20(30)17-11-19-27-16(14-4-2-1-3-5-14)10-18(21(23,24)25)29(19)28-17/h1-9,11,16,18,27H,10,12H2,(H,26,30)/t16-,18-/m1/s1. The summed E-state index contributed by atoms with van der Waals surface area (Å²) in [6.45, 7) is 0.209. The molecule has 2 heterocycles.